The van der Waals surface area contributed by atoms with Crippen molar-refractivity contribution in [2.75, 3.05) is 6.54 Å². The van der Waals surface area contributed by atoms with Gasteiger partial charge in [-0.2, -0.15) is 0 Å². The molecule has 0 spiro atoms. The van der Waals surface area contributed by atoms with E-state index in [1.54, 1.807) is 0 Å². The van der Waals surface area contributed by atoms with Crippen LogP contribution in [-0.2, 0) is 9.59 Å². The fourth-order valence-electron chi connectivity index (χ4n) is 2.74. The second-order valence-corrected chi connectivity index (χ2v) is 7.02. The molecule has 0 unspecified atom stereocenters. The molecule has 0 heterocycles. The zero-order chi connectivity index (χ0) is 18.0. The van der Waals surface area contributed by atoms with Crippen molar-refractivity contribution < 1.29 is 19.5 Å². The summed E-state index contributed by atoms with van der Waals surface area (Å²) in [6, 6.07) is 0.197. The van der Waals surface area contributed by atoms with Crippen LogP contribution in [0.5, 0.6) is 0 Å². The average Bonchev–Trinajstić information content (AvgIpc) is 2.51. The third kappa shape index (κ3) is 8.17. The number of nitrogens with one attached hydrogen (secondary N) is 3. The molecule has 1 aliphatic rings. The van der Waals surface area contributed by atoms with Crippen LogP contribution in [0.15, 0.2) is 0 Å². The SMILES string of the molecule is CC(C)(NC(=O)CCCCCNC(=O)NC1CCCCC1)C(=O)O. The van der Waals surface area contributed by atoms with E-state index in [-0.39, 0.29) is 11.9 Å². The number of urea groups is 1. The molecular weight excluding hydrogens is 310 g/mol. The van der Waals surface area contributed by atoms with Crippen LogP contribution in [0.2, 0.25) is 0 Å². The van der Waals surface area contributed by atoms with Crippen molar-refractivity contribution in [3.05, 3.63) is 0 Å². The highest BCUT2D eigenvalue weighted by Gasteiger charge is 2.28. The fourth-order valence-corrected chi connectivity index (χ4v) is 2.74. The molecule has 1 aliphatic carbocycles. The summed E-state index contributed by atoms with van der Waals surface area (Å²) >= 11 is 0. The summed E-state index contributed by atoms with van der Waals surface area (Å²) in [6.45, 7) is 3.50. The van der Waals surface area contributed by atoms with Gasteiger partial charge in [0.15, 0.2) is 0 Å². The lowest BCUT2D eigenvalue weighted by Gasteiger charge is -2.22. The van der Waals surface area contributed by atoms with E-state index < -0.39 is 11.5 Å². The van der Waals surface area contributed by atoms with E-state index in [1.165, 1.54) is 33.1 Å². The smallest absolute Gasteiger partial charge is 0.328 e. The maximum atomic E-state index is 11.7. The van der Waals surface area contributed by atoms with E-state index in [2.05, 4.69) is 16.0 Å². The second-order valence-electron chi connectivity index (χ2n) is 7.02. The first-order chi connectivity index (χ1) is 11.3. The molecule has 0 bridgehead atoms. The largest absolute Gasteiger partial charge is 0.480 e. The van der Waals surface area contributed by atoms with Gasteiger partial charge in [-0.25, -0.2) is 9.59 Å². The summed E-state index contributed by atoms with van der Waals surface area (Å²) in [6.07, 6.45) is 8.34. The van der Waals surface area contributed by atoms with Gasteiger partial charge in [-0.1, -0.05) is 25.7 Å². The van der Waals surface area contributed by atoms with Crippen molar-refractivity contribution in [1.29, 1.82) is 0 Å². The summed E-state index contributed by atoms with van der Waals surface area (Å²) in [4.78, 5) is 34.3. The highest BCUT2D eigenvalue weighted by atomic mass is 16.4. The lowest BCUT2D eigenvalue weighted by atomic mass is 9.96. The summed E-state index contributed by atoms with van der Waals surface area (Å²) in [5, 5.41) is 17.3. The van der Waals surface area contributed by atoms with E-state index in [9.17, 15) is 14.4 Å². The third-order valence-corrected chi connectivity index (χ3v) is 4.29. The maximum Gasteiger partial charge on any atom is 0.328 e. The van der Waals surface area contributed by atoms with Gasteiger partial charge in [0, 0.05) is 19.0 Å². The fraction of sp³-hybridized carbons (Fsp3) is 0.824. The molecule has 138 valence electrons. The zero-order valence-corrected chi connectivity index (χ0v) is 14.8. The van der Waals surface area contributed by atoms with Crippen LogP contribution in [0.3, 0.4) is 0 Å². The zero-order valence-electron chi connectivity index (χ0n) is 14.8. The Bertz CT molecular complexity index is 432. The minimum atomic E-state index is -1.24. The van der Waals surface area contributed by atoms with Gasteiger partial charge in [-0.15, -0.1) is 0 Å². The molecule has 1 fully saturated rings. The normalized spacial score (nSPS) is 15.6. The predicted molar refractivity (Wildman–Crippen MR) is 91.7 cm³/mol. The molecule has 0 aromatic rings. The van der Waals surface area contributed by atoms with Crippen molar-refractivity contribution in [3.63, 3.8) is 0 Å². The quantitative estimate of drug-likeness (QED) is 0.482. The van der Waals surface area contributed by atoms with Gasteiger partial charge in [0.25, 0.3) is 0 Å². The van der Waals surface area contributed by atoms with Crippen LogP contribution in [0.1, 0.15) is 71.6 Å². The van der Waals surface area contributed by atoms with Crippen LogP contribution >= 0.6 is 0 Å². The van der Waals surface area contributed by atoms with Gasteiger partial charge in [0.1, 0.15) is 5.54 Å². The van der Waals surface area contributed by atoms with E-state index in [0.717, 1.165) is 25.7 Å². The van der Waals surface area contributed by atoms with E-state index in [0.29, 0.717) is 25.4 Å². The molecule has 3 amide bonds. The van der Waals surface area contributed by atoms with Crippen molar-refractivity contribution in [2.24, 2.45) is 0 Å². The van der Waals surface area contributed by atoms with Crippen LogP contribution in [0, 0.1) is 0 Å². The predicted octanol–water partition coefficient (Wildman–Crippen LogP) is 2.16. The van der Waals surface area contributed by atoms with E-state index in [4.69, 9.17) is 5.11 Å². The number of aliphatic carboxylic acids is 1. The highest BCUT2D eigenvalue weighted by molar-refractivity contribution is 5.86. The summed E-state index contributed by atoms with van der Waals surface area (Å²) in [5.41, 5.74) is -1.24. The second kappa shape index (κ2) is 10.2. The lowest BCUT2D eigenvalue weighted by Crippen LogP contribution is -2.49. The Hall–Kier alpha value is -1.79. The number of hydrogen-bond acceptors (Lipinski definition) is 3. The molecule has 7 nitrogen and oxygen atoms in total. The number of carboxylic acids is 1. The summed E-state index contributed by atoms with van der Waals surface area (Å²) in [7, 11) is 0. The molecule has 0 radical (unpaired) electrons. The molecular formula is C17H31N3O4. The first-order valence-corrected chi connectivity index (χ1v) is 8.90. The van der Waals surface area contributed by atoms with Gasteiger partial charge in [-0.3, -0.25) is 4.79 Å². The number of rotatable bonds is 9. The van der Waals surface area contributed by atoms with Crippen molar-refractivity contribution in [2.45, 2.75) is 83.2 Å². The highest BCUT2D eigenvalue weighted by Crippen LogP contribution is 2.17. The molecule has 4 N–H and O–H groups in total. The molecule has 1 rings (SSSR count). The van der Waals surface area contributed by atoms with Crippen molar-refractivity contribution in [1.82, 2.24) is 16.0 Å². The summed E-state index contributed by atoms with van der Waals surface area (Å²) < 4.78 is 0. The third-order valence-electron chi connectivity index (χ3n) is 4.29. The first kappa shape index (κ1) is 20.3. The van der Waals surface area contributed by atoms with Gasteiger partial charge >= 0.3 is 12.0 Å². The van der Waals surface area contributed by atoms with Gasteiger partial charge in [0.2, 0.25) is 5.91 Å². The van der Waals surface area contributed by atoms with Gasteiger partial charge in [0.05, 0.1) is 0 Å². The lowest BCUT2D eigenvalue weighted by molar-refractivity contribution is -0.146. The number of amides is 3. The minimum absolute atomic E-state index is 0.108. The Balaban J connectivity index is 2.02. The van der Waals surface area contributed by atoms with Crippen molar-refractivity contribution >= 4 is 17.9 Å². The number of carbonyl (C=O) groups is 3. The van der Waals surface area contributed by atoms with Gasteiger partial charge in [-0.05, 0) is 39.5 Å². The molecule has 7 heteroatoms. The van der Waals surface area contributed by atoms with E-state index >= 15 is 0 Å². The first-order valence-electron chi connectivity index (χ1n) is 8.90. The Labute approximate surface area is 144 Å². The van der Waals surface area contributed by atoms with Crippen LogP contribution < -0.4 is 16.0 Å². The van der Waals surface area contributed by atoms with Crippen molar-refractivity contribution in [3.8, 4) is 0 Å². The average molecular weight is 341 g/mol. The van der Waals surface area contributed by atoms with Gasteiger partial charge < -0.3 is 21.1 Å². The molecule has 0 aromatic carbocycles. The standard InChI is InChI=1S/C17H31N3O4/c1-17(2,15(22)23)20-14(21)11-7-4-8-12-18-16(24)19-13-9-5-3-6-10-13/h13H,3-12H2,1-2H3,(H,20,21)(H,22,23)(H2,18,19,24). The number of carboxylic acid groups (broad SMARTS) is 1. The van der Waals surface area contributed by atoms with E-state index in [1.807, 2.05) is 0 Å². The Morgan fingerprint density at radius 3 is 2.33 bits per heavy atom. The number of carbonyl (C=O) groups excluding carboxylic acids is 2. The maximum absolute atomic E-state index is 11.7. The number of unbranched alkanes of at least 4 members (excludes halogenated alkanes) is 2. The Morgan fingerprint density at radius 1 is 1.04 bits per heavy atom. The van der Waals surface area contributed by atoms with Crippen LogP contribution in [0.4, 0.5) is 4.79 Å². The molecule has 0 aromatic heterocycles. The molecule has 24 heavy (non-hydrogen) atoms. The molecule has 1 saturated carbocycles. The van der Waals surface area contributed by atoms with Crippen LogP contribution in [-0.4, -0.2) is 41.1 Å². The summed E-state index contributed by atoms with van der Waals surface area (Å²) in [5.74, 6) is -1.31. The Kier molecular flexibility index (Phi) is 8.57. The Morgan fingerprint density at radius 2 is 1.71 bits per heavy atom. The minimum Gasteiger partial charge on any atom is -0.480 e. The molecule has 0 aliphatic heterocycles. The molecule has 0 atom stereocenters. The van der Waals surface area contributed by atoms with Crippen LogP contribution in [0.25, 0.3) is 0 Å². The molecule has 0 saturated heterocycles. The topological polar surface area (TPSA) is 108 Å². The number of hydrogen-bond donors (Lipinski definition) is 4. The monoisotopic (exact) mass is 341 g/mol.